The van der Waals surface area contributed by atoms with Crippen LogP contribution in [-0.4, -0.2) is 0 Å². The second-order valence-electron chi connectivity index (χ2n) is 16.9. The third-order valence-electron chi connectivity index (χ3n) is 12.4. The molecule has 0 aliphatic rings. The van der Waals surface area contributed by atoms with Gasteiger partial charge in [0, 0.05) is 34.1 Å². The smallest absolute Gasteiger partial charge is 0.0467 e. The second-order valence-corrected chi connectivity index (χ2v) is 16.9. The Kier molecular flexibility index (Phi) is 12.8. The molecule has 10 aromatic rings. The SMILES string of the molecule is C/C=C/c1cccc(-c2ccc(N(c3ccc(-c4ccccc4)cc3)c3cccc(-c4cccc(N(c5ccc(-c6ccccc6)cc5)c5ccc(-c6cccc(/C=C/C)c6)cc5)c4)c3)cc2)c1. The molecule has 0 radical (unpaired) electrons. The van der Waals surface area contributed by atoms with Crippen LogP contribution in [0.5, 0.6) is 0 Å². The fraction of sp³-hybridized carbons (Fsp3) is 0.0303. The molecule has 2 heteroatoms. The van der Waals surface area contributed by atoms with Gasteiger partial charge in [-0.2, -0.15) is 0 Å². The maximum Gasteiger partial charge on any atom is 0.0467 e. The highest BCUT2D eigenvalue weighted by Gasteiger charge is 2.17. The van der Waals surface area contributed by atoms with E-state index in [9.17, 15) is 0 Å². The molecule has 0 unspecified atom stereocenters. The molecule has 0 N–H and O–H groups in total. The van der Waals surface area contributed by atoms with E-state index in [0.29, 0.717) is 0 Å². The highest BCUT2D eigenvalue weighted by atomic mass is 15.1. The minimum absolute atomic E-state index is 1.07. The van der Waals surface area contributed by atoms with E-state index in [0.717, 1.165) is 45.3 Å². The molecular weight excluding hydrogens is 821 g/mol. The zero-order valence-corrected chi connectivity index (χ0v) is 38.5. The maximum absolute atomic E-state index is 2.36. The predicted octanol–water partition coefficient (Wildman–Crippen LogP) is 19.0. The van der Waals surface area contributed by atoms with Crippen molar-refractivity contribution in [1.82, 2.24) is 0 Å². The molecule has 0 fully saturated rings. The molecule has 326 valence electrons. The number of hydrogen-bond acceptors (Lipinski definition) is 2. The second kappa shape index (κ2) is 20.2. The van der Waals surface area contributed by atoms with Crippen LogP contribution in [0.25, 0.3) is 67.8 Å². The van der Waals surface area contributed by atoms with E-state index in [1.807, 2.05) is 0 Å². The van der Waals surface area contributed by atoms with Gasteiger partial charge in [-0.05, 0) is 166 Å². The Morgan fingerprint density at radius 1 is 0.221 bits per heavy atom. The number of rotatable bonds is 13. The fourth-order valence-corrected chi connectivity index (χ4v) is 9.05. The van der Waals surface area contributed by atoms with Crippen LogP contribution in [0.1, 0.15) is 25.0 Å². The lowest BCUT2D eigenvalue weighted by Gasteiger charge is -2.27. The lowest BCUT2D eigenvalue weighted by molar-refractivity contribution is 1.28. The summed E-state index contributed by atoms with van der Waals surface area (Å²) in [7, 11) is 0. The van der Waals surface area contributed by atoms with Crippen molar-refractivity contribution in [1.29, 1.82) is 0 Å². The topological polar surface area (TPSA) is 6.48 Å². The van der Waals surface area contributed by atoms with Crippen molar-refractivity contribution in [3.63, 3.8) is 0 Å². The molecule has 0 atom stereocenters. The molecule has 10 rings (SSSR count). The summed E-state index contributed by atoms with van der Waals surface area (Å²) in [6.45, 7) is 4.11. The molecule has 0 saturated carbocycles. The van der Waals surface area contributed by atoms with Gasteiger partial charge in [-0.1, -0.05) is 194 Å². The monoisotopic (exact) mass is 872 g/mol. The summed E-state index contributed by atoms with van der Waals surface area (Å²) < 4.78 is 0. The Labute approximate surface area is 401 Å². The third kappa shape index (κ3) is 9.63. The molecule has 10 aromatic carbocycles. The quantitative estimate of drug-likeness (QED) is 0.114. The molecule has 0 bridgehead atoms. The van der Waals surface area contributed by atoms with Crippen molar-refractivity contribution < 1.29 is 0 Å². The first-order valence-electron chi connectivity index (χ1n) is 23.4. The maximum atomic E-state index is 2.36. The zero-order chi connectivity index (χ0) is 46.1. The van der Waals surface area contributed by atoms with Crippen LogP contribution in [0.3, 0.4) is 0 Å². The Balaban J connectivity index is 1.03. The van der Waals surface area contributed by atoms with Crippen LogP contribution in [0.15, 0.2) is 267 Å². The minimum Gasteiger partial charge on any atom is -0.310 e. The van der Waals surface area contributed by atoms with Gasteiger partial charge in [0.15, 0.2) is 0 Å². The number of allylic oxidation sites excluding steroid dienone is 2. The molecule has 68 heavy (non-hydrogen) atoms. The van der Waals surface area contributed by atoms with Gasteiger partial charge in [-0.25, -0.2) is 0 Å². The summed E-state index contributed by atoms with van der Waals surface area (Å²) in [5.74, 6) is 0. The van der Waals surface area contributed by atoms with Crippen LogP contribution in [-0.2, 0) is 0 Å². The Morgan fingerprint density at radius 3 is 0.809 bits per heavy atom. The van der Waals surface area contributed by atoms with Gasteiger partial charge in [0.1, 0.15) is 0 Å². The first kappa shape index (κ1) is 43.2. The largest absolute Gasteiger partial charge is 0.310 e. The van der Waals surface area contributed by atoms with Crippen LogP contribution in [0.2, 0.25) is 0 Å². The van der Waals surface area contributed by atoms with Gasteiger partial charge in [0.25, 0.3) is 0 Å². The average Bonchev–Trinajstić information content (AvgIpc) is 3.41. The van der Waals surface area contributed by atoms with Crippen LogP contribution in [0, 0.1) is 0 Å². The lowest BCUT2D eigenvalue weighted by atomic mass is 10.0. The van der Waals surface area contributed by atoms with Gasteiger partial charge in [-0.15, -0.1) is 0 Å². The number of benzene rings is 10. The highest BCUT2D eigenvalue weighted by molar-refractivity contribution is 5.85. The molecule has 0 spiro atoms. The Bertz CT molecular complexity index is 3080. The Morgan fingerprint density at radius 2 is 0.485 bits per heavy atom. The number of anilines is 6. The molecule has 2 nitrogen and oxygen atoms in total. The van der Waals surface area contributed by atoms with E-state index < -0.39 is 0 Å². The molecular formula is C66H52N2. The normalized spacial score (nSPS) is 11.3. The van der Waals surface area contributed by atoms with E-state index in [2.05, 4.69) is 303 Å². The van der Waals surface area contributed by atoms with E-state index in [-0.39, 0.29) is 0 Å². The summed E-state index contributed by atoms with van der Waals surface area (Å²) in [5.41, 5.74) is 20.6. The van der Waals surface area contributed by atoms with E-state index >= 15 is 0 Å². The van der Waals surface area contributed by atoms with Gasteiger partial charge in [0.05, 0.1) is 0 Å². The summed E-state index contributed by atoms with van der Waals surface area (Å²) in [6, 6.07) is 92.1. The summed E-state index contributed by atoms with van der Waals surface area (Å²) in [4.78, 5) is 4.72. The van der Waals surface area contributed by atoms with Crippen molar-refractivity contribution in [2.24, 2.45) is 0 Å². The predicted molar refractivity (Wildman–Crippen MR) is 292 cm³/mol. The standard InChI is InChI=1S/C66H52N2/c1-3-15-49-17-11-23-57(45-49)55-33-41-63(42-34-55)67(61-37-29-53(30-38-61)51-19-7-5-8-20-51)65-27-13-25-59(47-65)60-26-14-28-66(48-60)68(62-39-31-54(32-40-62)52-21-9-6-10-22-52)64-43-35-56(36-44-64)58-24-12-18-50(46-58)16-4-2/h3-48H,1-2H3/b15-3+,16-4+. The van der Waals surface area contributed by atoms with Gasteiger partial charge in [-0.3, -0.25) is 0 Å². The minimum atomic E-state index is 1.07. The zero-order valence-electron chi connectivity index (χ0n) is 38.5. The van der Waals surface area contributed by atoms with Gasteiger partial charge < -0.3 is 9.80 Å². The van der Waals surface area contributed by atoms with Crippen LogP contribution in [0.4, 0.5) is 34.1 Å². The van der Waals surface area contributed by atoms with Crippen molar-refractivity contribution in [3.8, 4) is 55.6 Å². The van der Waals surface area contributed by atoms with Crippen molar-refractivity contribution in [2.45, 2.75) is 13.8 Å². The highest BCUT2D eigenvalue weighted by Crippen LogP contribution is 2.41. The molecule has 0 aliphatic carbocycles. The van der Waals surface area contributed by atoms with Crippen molar-refractivity contribution >= 4 is 46.3 Å². The molecule has 0 aliphatic heterocycles. The van der Waals surface area contributed by atoms with Gasteiger partial charge in [0.2, 0.25) is 0 Å². The Hall–Kier alpha value is -8.72. The first-order chi connectivity index (χ1) is 33.6. The molecule has 0 heterocycles. The van der Waals surface area contributed by atoms with Crippen LogP contribution >= 0.6 is 0 Å². The van der Waals surface area contributed by atoms with E-state index in [1.54, 1.807) is 0 Å². The van der Waals surface area contributed by atoms with E-state index in [1.165, 1.54) is 55.6 Å². The van der Waals surface area contributed by atoms with Crippen molar-refractivity contribution in [2.75, 3.05) is 9.80 Å². The van der Waals surface area contributed by atoms with E-state index in [4.69, 9.17) is 0 Å². The van der Waals surface area contributed by atoms with Crippen molar-refractivity contribution in [3.05, 3.63) is 278 Å². The lowest BCUT2D eigenvalue weighted by Crippen LogP contribution is -2.10. The molecule has 0 aromatic heterocycles. The number of hydrogen-bond donors (Lipinski definition) is 0. The first-order valence-corrected chi connectivity index (χ1v) is 23.4. The molecule has 0 amide bonds. The number of nitrogens with zero attached hydrogens (tertiary/aromatic N) is 2. The van der Waals surface area contributed by atoms with Crippen LogP contribution < -0.4 is 9.80 Å². The van der Waals surface area contributed by atoms with Gasteiger partial charge >= 0.3 is 0 Å². The third-order valence-corrected chi connectivity index (χ3v) is 12.4. The fourth-order valence-electron chi connectivity index (χ4n) is 9.05. The molecule has 0 saturated heterocycles. The average molecular weight is 873 g/mol. The summed E-state index contributed by atoms with van der Waals surface area (Å²) in [5, 5.41) is 0. The summed E-state index contributed by atoms with van der Waals surface area (Å²) in [6.07, 6.45) is 8.46. The summed E-state index contributed by atoms with van der Waals surface area (Å²) >= 11 is 0.